The average Bonchev–Trinajstić information content (AvgIpc) is 2.97. The normalized spacial score (nSPS) is 10.3. The third kappa shape index (κ3) is 3.24. The molecular formula is C14H9ClN4OS. The van der Waals surface area contributed by atoms with Crippen LogP contribution in [0.4, 0.5) is 5.13 Å². The van der Waals surface area contributed by atoms with Crippen molar-refractivity contribution >= 4 is 34.2 Å². The molecule has 5 nitrogen and oxygen atoms in total. The lowest BCUT2D eigenvalue weighted by Crippen LogP contribution is -2.11. The Balaban J connectivity index is 1.77. The molecule has 2 heterocycles. The molecule has 0 unspecified atom stereocenters. The maximum Gasteiger partial charge on any atom is 0.257 e. The summed E-state index contributed by atoms with van der Waals surface area (Å²) in [5, 5.41) is 3.62. The Kier molecular flexibility index (Phi) is 3.89. The zero-order valence-electron chi connectivity index (χ0n) is 10.7. The second-order valence-electron chi connectivity index (χ2n) is 4.10. The maximum atomic E-state index is 12.1. The van der Waals surface area contributed by atoms with E-state index in [2.05, 4.69) is 19.7 Å². The lowest BCUT2D eigenvalue weighted by molar-refractivity contribution is 0.102. The molecule has 104 valence electrons. The predicted molar refractivity (Wildman–Crippen MR) is 82.5 cm³/mol. The molecule has 0 bridgehead atoms. The van der Waals surface area contributed by atoms with E-state index in [9.17, 15) is 4.79 Å². The van der Waals surface area contributed by atoms with E-state index in [4.69, 9.17) is 11.6 Å². The quantitative estimate of drug-likeness (QED) is 0.803. The summed E-state index contributed by atoms with van der Waals surface area (Å²) < 4.78 is 4.18. The highest BCUT2D eigenvalue weighted by Crippen LogP contribution is 2.20. The van der Waals surface area contributed by atoms with Gasteiger partial charge in [0, 0.05) is 28.3 Å². The van der Waals surface area contributed by atoms with Gasteiger partial charge in [-0.15, -0.1) is 0 Å². The molecule has 0 aliphatic rings. The van der Waals surface area contributed by atoms with Crippen molar-refractivity contribution in [3.05, 3.63) is 59.2 Å². The molecule has 1 aromatic carbocycles. The van der Waals surface area contributed by atoms with Crippen molar-refractivity contribution in [1.29, 1.82) is 0 Å². The van der Waals surface area contributed by atoms with E-state index in [1.807, 2.05) is 18.2 Å². The van der Waals surface area contributed by atoms with Crippen LogP contribution in [0, 0.1) is 0 Å². The van der Waals surface area contributed by atoms with Gasteiger partial charge in [-0.2, -0.15) is 9.36 Å². The monoisotopic (exact) mass is 316 g/mol. The summed E-state index contributed by atoms with van der Waals surface area (Å²) in [5.41, 5.74) is 1.13. The van der Waals surface area contributed by atoms with E-state index in [1.54, 1.807) is 30.5 Å². The summed E-state index contributed by atoms with van der Waals surface area (Å²) >= 11 is 6.97. The Hall–Kier alpha value is -2.31. The minimum atomic E-state index is -0.277. The van der Waals surface area contributed by atoms with Gasteiger partial charge in [0.05, 0.1) is 0 Å². The number of hydrogen-bond acceptors (Lipinski definition) is 5. The molecule has 0 aliphatic heterocycles. The Morgan fingerprint density at radius 3 is 2.86 bits per heavy atom. The van der Waals surface area contributed by atoms with Crippen molar-refractivity contribution in [2.24, 2.45) is 0 Å². The molecule has 0 aliphatic carbocycles. The van der Waals surface area contributed by atoms with Gasteiger partial charge in [-0.1, -0.05) is 23.7 Å². The van der Waals surface area contributed by atoms with Gasteiger partial charge in [0.25, 0.3) is 5.91 Å². The lowest BCUT2D eigenvalue weighted by Gasteiger charge is -2.01. The Morgan fingerprint density at radius 2 is 2.10 bits per heavy atom. The summed E-state index contributed by atoms with van der Waals surface area (Å²) in [6, 6.07) is 12.2. The molecule has 0 atom stereocenters. The second-order valence-corrected chi connectivity index (χ2v) is 5.29. The number of benzene rings is 1. The number of amides is 1. The van der Waals surface area contributed by atoms with Gasteiger partial charge in [0.2, 0.25) is 5.13 Å². The number of carbonyl (C=O) groups excluding carboxylic acids is 1. The summed E-state index contributed by atoms with van der Waals surface area (Å²) in [4.78, 5) is 20.5. The fourth-order valence-electron chi connectivity index (χ4n) is 1.67. The number of hydrogen-bond donors (Lipinski definition) is 1. The molecular weight excluding hydrogens is 308 g/mol. The van der Waals surface area contributed by atoms with Crippen LogP contribution in [0.3, 0.4) is 0 Å². The molecule has 2 aromatic heterocycles. The predicted octanol–water partition coefficient (Wildman–Crippen LogP) is 3.51. The van der Waals surface area contributed by atoms with Crippen molar-refractivity contribution in [3.8, 4) is 11.5 Å². The minimum Gasteiger partial charge on any atom is -0.297 e. The summed E-state index contributed by atoms with van der Waals surface area (Å²) in [6.07, 6.45) is 1.67. The highest BCUT2D eigenvalue weighted by atomic mass is 35.5. The SMILES string of the molecule is O=C(Nc1nc(-c2ccccn2)ns1)c1cccc(Cl)c1. The lowest BCUT2D eigenvalue weighted by atomic mass is 10.2. The van der Waals surface area contributed by atoms with Crippen LogP contribution in [0.1, 0.15) is 10.4 Å². The van der Waals surface area contributed by atoms with Crippen molar-refractivity contribution in [2.75, 3.05) is 5.32 Å². The van der Waals surface area contributed by atoms with Gasteiger partial charge in [0.15, 0.2) is 5.82 Å². The standard InChI is InChI=1S/C14H9ClN4OS/c15-10-5-3-4-9(8-10)13(20)18-14-17-12(19-21-14)11-6-1-2-7-16-11/h1-8H,(H,17,18,19,20). The fraction of sp³-hybridized carbons (Fsp3) is 0. The highest BCUT2D eigenvalue weighted by Gasteiger charge is 2.11. The van der Waals surface area contributed by atoms with Crippen LogP contribution in [-0.2, 0) is 0 Å². The van der Waals surface area contributed by atoms with Crippen LogP contribution in [0.15, 0.2) is 48.7 Å². The zero-order valence-corrected chi connectivity index (χ0v) is 12.2. The number of halogens is 1. The van der Waals surface area contributed by atoms with Crippen molar-refractivity contribution in [3.63, 3.8) is 0 Å². The van der Waals surface area contributed by atoms with E-state index < -0.39 is 0 Å². The first-order valence-electron chi connectivity index (χ1n) is 6.04. The smallest absolute Gasteiger partial charge is 0.257 e. The first-order chi connectivity index (χ1) is 10.2. The highest BCUT2D eigenvalue weighted by molar-refractivity contribution is 7.10. The largest absolute Gasteiger partial charge is 0.297 e. The molecule has 0 saturated heterocycles. The van der Waals surface area contributed by atoms with Gasteiger partial charge in [-0.25, -0.2) is 0 Å². The van der Waals surface area contributed by atoms with Crippen LogP contribution < -0.4 is 5.32 Å². The Labute approximate surface area is 129 Å². The third-order valence-corrected chi connectivity index (χ3v) is 3.49. The first kappa shape index (κ1) is 13.7. The zero-order chi connectivity index (χ0) is 14.7. The van der Waals surface area contributed by atoms with Crippen LogP contribution in [0.5, 0.6) is 0 Å². The van der Waals surface area contributed by atoms with Crippen LogP contribution >= 0.6 is 23.1 Å². The number of nitrogens with zero attached hydrogens (tertiary/aromatic N) is 3. The van der Waals surface area contributed by atoms with Gasteiger partial charge in [-0.05, 0) is 30.3 Å². The topological polar surface area (TPSA) is 67.8 Å². The molecule has 7 heteroatoms. The summed E-state index contributed by atoms with van der Waals surface area (Å²) in [6.45, 7) is 0. The van der Waals surface area contributed by atoms with E-state index in [0.717, 1.165) is 11.5 Å². The molecule has 0 spiro atoms. The average molecular weight is 317 g/mol. The van der Waals surface area contributed by atoms with E-state index in [0.29, 0.717) is 27.2 Å². The molecule has 3 aromatic rings. The van der Waals surface area contributed by atoms with E-state index in [-0.39, 0.29) is 5.91 Å². The number of nitrogens with one attached hydrogen (secondary N) is 1. The minimum absolute atomic E-state index is 0.277. The Morgan fingerprint density at radius 1 is 1.19 bits per heavy atom. The van der Waals surface area contributed by atoms with Gasteiger partial charge in [0.1, 0.15) is 5.69 Å². The fourth-order valence-corrected chi connectivity index (χ4v) is 2.44. The first-order valence-corrected chi connectivity index (χ1v) is 7.19. The van der Waals surface area contributed by atoms with Crippen molar-refractivity contribution in [1.82, 2.24) is 14.3 Å². The Bertz CT molecular complexity index is 775. The molecule has 1 amide bonds. The number of carbonyl (C=O) groups is 1. The van der Waals surface area contributed by atoms with E-state index in [1.165, 1.54) is 0 Å². The van der Waals surface area contributed by atoms with Crippen LogP contribution in [-0.4, -0.2) is 20.2 Å². The molecule has 0 fully saturated rings. The number of anilines is 1. The third-order valence-electron chi connectivity index (χ3n) is 2.63. The second kappa shape index (κ2) is 5.99. The molecule has 0 saturated carbocycles. The van der Waals surface area contributed by atoms with E-state index >= 15 is 0 Å². The number of pyridine rings is 1. The number of aromatic nitrogens is 3. The molecule has 3 rings (SSSR count). The molecule has 1 N–H and O–H groups in total. The van der Waals surface area contributed by atoms with Crippen LogP contribution in [0.25, 0.3) is 11.5 Å². The molecule has 0 radical (unpaired) electrons. The summed E-state index contributed by atoms with van der Waals surface area (Å²) in [7, 11) is 0. The van der Waals surface area contributed by atoms with Gasteiger partial charge >= 0.3 is 0 Å². The summed E-state index contributed by atoms with van der Waals surface area (Å²) in [5.74, 6) is 0.211. The van der Waals surface area contributed by atoms with Crippen molar-refractivity contribution in [2.45, 2.75) is 0 Å². The van der Waals surface area contributed by atoms with Gasteiger partial charge < -0.3 is 0 Å². The van der Waals surface area contributed by atoms with Crippen molar-refractivity contribution < 1.29 is 4.79 Å². The van der Waals surface area contributed by atoms with Gasteiger partial charge in [-0.3, -0.25) is 15.1 Å². The number of rotatable bonds is 3. The van der Waals surface area contributed by atoms with Crippen LogP contribution in [0.2, 0.25) is 5.02 Å². The molecule has 21 heavy (non-hydrogen) atoms. The maximum absolute atomic E-state index is 12.1.